The van der Waals surface area contributed by atoms with Gasteiger partial charge >= 0.3 is 0 Å². The maximum atomic E-state index is 12.8. The Labute approximate surface area is 144 Å². The van der Waals surface area contributed by atoms with Crippen molar-refractivity contribution in [3.63, 3.8) is 0 Å². The van der Waals surface area contributed by atoms with E-state index in [1.165, 1.54) is 0 Å². The van der Waals surface area contributed by atoms with E-state index in [2.05, 4.69) is 15.2 Å². The van der Waals surface area contributed by atoms with E-state index in [9.17, 15) is 4.79 Å². The zero-order chi connectivity index (χ0) is 17.1. The van der Waals surface area contributed by atoms with Crippen LogP contribution in [0.2, 0.25) is 0 Å². The number of pyridine rings is 2. The summed E-state index contributed by atoms with van der Waals surface area (Å²) >= 11 is 0. The molecule has 25 heavy (non-hydrogen) atoms. The number of hydrogen-bond donors (Lipinski definition) is 1. The third-order valence-corrected chi connectivity index (χ3v) is 4.03. The Morgan fingerprint density at radius 2 is 1.84 bits per heavy atom. The molecule has 4 aromatic rings. The third-order valence-electron chi connectivity index (χ3n) is 4.03. The van der Waals surface area contributed by atoms with E-state index in [0.29, 0.717) is 17.8 Å². The van der Waals surface area contributed by atoms with Crippen LogP contribution in [0.1, 0.15) is 11.1 Å². The first kappa shape index (κ1) is 15.1. The fourth-order valence-electron chi connectivity index (χ4n) is 2.78. The number of rotatable bonds is 4. The first-order valence-corrected chi connectivity index (χ1v) is 8.02. The van der Waals surface area contributed by atoms with Crippen LogP contribution in [0.4, 0.5) is 0 Å². The van der Waals surface area contributed by atoms with E-state index in [1.807, 2.05) is 60.7 Å². The van der Waals surface area contributed by atoms with Crippen LogP contribution in [0.15, 0.2) is 84.0 Å². The molecule has 0 saturated carbocycles. The predicted octanol–water partition coefficient (Wildman–Crippen LogP) is 3.21. The Bertz CT molecular complexity index is 1040. The van der Waals surface area contributed by atoms with Crippen LogP contribution in [0.5, 0.6) is 0 Å². The number of aromatic amines is 1. The second-order valence-electron chi connectivity index (χ2n) is 5.74. The minimum atomic E-state index is -0.0681. The van der Waals surface area contributed by atoms with Crippen molar-refractivity contribution in [2.45, 2.75) is 6.42 Å². The van der Waals surface area contributed by atoms with E-state index in [1.54, 1.807) is 23.2 Å². The quantitative estimate of drug-likeness (QED) is 0.625. The van der Waals surface area contributed by atoms with E-state index < -0.39 is 0 Å². The predicted molar refractivity (Wildman–Crippen MR) is 96.7 cm³/mol. The van der Waals surface area contributed by atoms with Crippen LogP contribution in [0, 0.1) is 0 Å². The molecule has 5 heteroatoms. The van der Waals surface area contributed by atoms with Crippen molar-refractivity contribution in [2.75, 3.05) is 0 Å². The van der Waals surface area contributed by atoms with E-state index in [0.717, 1.165) is 16.8 Å². The molecule has 3 heterocycles. The fraction of sp³-hybridized carbons (Fsp3) is 0.0500. The van der Waals surface area contributed by atoms with Crippen molar-refractivity contribution in [2.24, 2.45) is 0 Å². The molecule has 0 aliphatic rings. The van der Waals surface area contributed by atoms with Crippen molar-refractivity contribution in [1.29, 1.82) is 0 Å². The van der Waals surface area contributed by atoms with Gasteiger partial charge in [0.05, 0.1) is 11.9 Å². The molecule has 4 rings (SSSR count). The molecule has 0 bridgehead atoms. The van der Waals surface area contributed by atoms with E-state index in [4.69, 9.17) is 0 Å². The van der Waals surface area contributed by atoms with Crippen molar-refractivity contribution >= 4 is 0 Å². The zero-order valence-electron chi connectivity index (χ0n) is 13.5. The fourth-order valence-corrected chi connectivity index (χ4v) is 2.78. The van der Waals surface area contributed by atoms with Crippen molar-refractivity contribution < 1.29 is 0 Å². The minimum absolute atomic E-state index is 0.0681. The van der Waals surface area contributed by atoms with Gasteiger partial charge in [0.25, 0.3) is 5.56 Å². The summed E-state index contributed by atoms with van der Waals surface area (Å²) < 4.78 is 1.59. The summed E-state index contributed by atoms with van der Waals surface area (Å²) in [4.78, 5) is 17.5. The average Bonchev–Trinajstić information content (AvgIpc) is 3.17. The van der Waals surface area contributed by atoms with Gasteiger partial charge in [-0.05, 0) is 23.8 Å². The highest BCUT2D eigenvalue weighted by molar-refractivity contribution is 5.59. The Morgan fingerprint density at radius 1 is 0.960 bits per heavy atom. The Kier molecular flexibility index (Phi) is 3.96. The van der Waals surface area contributed by atoms with Crippen LogP contribution in [-0.4, -0.2) is 19.7 Å². The van der Waals surface area contributed by atoms with Gasteiger partial charge < -0.3 is 0 Å². The number of aromatic nitrogens is 4. The zero-order valence-corrected chi connectivity index (χ0v) is 13.5. The van der Waals surface area contributed by atoms with E-state index in [-0.39, 0.29) is 5.56 Å². The summed E-state index contributed by atoms with van der Waals surface area (Å²) in [6.07, 6.45) is 5.81. The SMILES string of the molecule is O=c1c(Cc2cn[nH]c2)cccn1-c1cccc(-c2ccccc2)n1. The molecule has 0 aliphatic carbocycles. The Morgan fingerprint density at radius 3 is 2.64 bits per heavy atom. The van der Waals surface area contributed by atoms with Gasteiger partial charge in [0.15, 0.2) is 0 Å². The van der Waals surface area contributed by atoms with Crippen LogP contribution in [0.3, 0.4) is 0 Å². The minimum Gasteiger partial charge on any atom is -0.285 e. The monoisotopic (exact) mass is 328 g/mol. The van der Waals surface area contributed by atoms with Gasteiger partial charge in [0.1, 0.15) is 5.82 Å². The molecule has 0 fully saturated rings. The summed E-state index contributed by atoms with van der Waals surface area (Å²) in [6, 6.07) is 19.3. The highest BCUT2D eigenvalue weighted by Gasteiger charge is 2.08. The number of benzene rings is 1. The van der Waals surface area contributed by atoms with Gasteiger partial charge in [0, 0.05) is 29.9 Å². The van der Waals surface area contributed by atoms with Crippen LogP contribution >= 0.6 is 0 Å². The van der Waals surface area contributed by atoms with Gasteiger partial charge in [-0.15, -0.1) is 0 Å². The lowest BCUT2D eigenvalue weighted by atomic mass is 10.1. The summed E-state index contributed by atoms with van der Waals surface area (Å²) in [5.41, 5.74) is 3.47. The lowest BCUT2D eigenvalue weighted by Crippen LogP contribution is -2.22. The molecule has 0 atom stereocenters. The van der Waals surface area contributed by atoms with Gasteiger partial charge in [-0.1, -0.05) is 42.5 Å². The highest BCUT2D eigenvalue weighted by Crippen LogP contribution is 2.17. The lowest BCUT2D eigenvalue weighted by molar-refractivity contribution is 0.914. The molecular weight excluding hydrogens is 312 g/mol. The van der Waals surface area contributed by atoms with E-state index >= 15 is 0 Å². The molecule has 5 nitrogen and oxygen atoms in total. The Balaban J connectivity index is 1.74. The standard InChI is InChI=1S/C20H16N4O/c25-20-17(12-15-13-21-22-14-15)8-5-11-24(20)19-10-4-9-18(23-19)16-6-2-1-3-7-16/h1-11,13-14H,12H2,(H,21,22). The van der Waals surface area contributed by atoms with Crippen LogP contribution in [0.25, 0.3) is 17.1 Å². The van der Waals surface area contributed by atoms with Gasteiger partial charge in [-0.25, -0.2) is 4.98 Å². The lowest BCUT2D eigenvalue weighted by Gasteiger charge is -2.09. The summed E-state index contributed by atoms with van der Waals surface area (Å²) in [5.74, 6) is 0.611. The third kappa shape index (κ3) is 3.12. The molecular formula is C20H16N4O. The first-order chi connectivity index (χ1) is 12.3. The number of nitrogens with zero attached hydrogens (tertiary/aromatic N) is 3. The topological polar surface area (TPSA) is 63.6 Å². The largest absolute Gasteiger partial charge is 0.285 e. The molecule has 0 radical (unpaired) electrons. The summed E-state index contributed by atoms with van der Waals surface area (Å²) in [7, 11) is 0. The maximum absolute atomic E-state index is 12.8. The summed E-state index contributed by atoms with van der Waals surface area (Å²) in [5, 5.41) is 6.70. The molecule has 1 aromatic carbocycles. The summed E-state index contributed by atoms with van der Waals surface area (Å²) in [6.45, 7) is 0. The molecule has 0 amide bonds. The average molecular weight is 328 g/mol. The number of H-pyrrole nitrogens is 1. The van der Waals surface area contributed by atoms with Crippen molar-refractivity contribution in [3.05, 3.63) is 101 Å². The van der Waals surface area contributed by atoms with Crippen molar-refractivity contribution in [1.82, 2.24) is 19.7 Å². The number of hydrogen-bond acceptors (Lipinski definition) is 3. The normalized spacial score (nSPS) is 10.7. The maximum Gasteiger partial charge on any atom is 0.259 e. The van der Waals surface area contributed by atoms with Gasteiger partial charge in [-0.2, -0.15) is 5.10 Å². The molecule has 0 saturated heterocycles. The first-order valence-electron chi connectivity index (χ1n) is 8.02. The second-order valence-corrected chi connectivity index (χ2v) is 5.74. The molecule has 3 aromatic heterocycles. The Hall–Kier alpha value is -3.47. The second kappa shape index (κ2) is 6.57. The smallest absolute Gasteiger partial charge is 0.259 e. The van der Waals surface area contributed by atoms with Crippen LogP contribution in [-0.2, 0) is 6.42 Å². The molecule has 1 N–H and O–H groups in total. The van der Waals surface area contributed by atoms with Crippen molar-refractivity contribution in [3.8, 4) is 17.1 Å². The van der Waals surface area contributed by atoms with Gasteiger partial charge in [0.2, 0.25) is 0 Å². The molecule has 0 aliphatic heterocycles. The number of nitrogens with one attached hydrogen (secondary N) is 1. The molecule has 122 valence electrons. The molecule has 0 unspecified atom stereocenters. The molecule has 0 spiro atoms. The van der Waals surface area contributed by atoms with Crippen LogP contribution < -0.4 is 5.56 Å². The van der Waals surface area contributed by atoms with Gasteiger partial charge in [-0.3, -0.25) is 14.5 Å². The highest BCUT2D eigenvalue weighted by atomic mass is 16.1.